The molecule has 0 aliphatic carbocycles. The highest BCUT2D eigenvalue weighted by Crippen LogP contribution is 2.33. The van der Waals surface area contributed by atoms with Crippen LogP contribution in [0.2, 0.25) is 0 Å². The molecule has 2 heterocycles. The summed E-state index contributed by atoms with van der Waals surface area (Å²) in [6, 6.07) is 14.2. The van der Waals surface area contributed by atoms with Crippen molar-refractivity contribution >= 4 is 22.9 Å². The number of benzene rings is 2. The number of aromatic nitrogens is 1. The van der Waals surface area contributed by atoms with E-state index in [9.17, 15) is 4.79 Å². The molecule has 0 radical (unpaired) electrons. The van der Waals surface area contributed by atoms with Crippen LogP contribution in [0, 0.1) is 0 Å². The lowest BCUT2D eigenvalue weighted by Gasteiger charge is -2.31. The number of hydrogen-bond acceptors (Lipinski definition) is 4. The number of carbonyl (C=O) groups is 1. The molecule has 0 unspecified atom stereocenters. The van der Waals surface area contributed by atoms with Crippen LogP contribution in [0.3, 0.4) is 0 Å². The summed E-state index contributed by atoms with van der Waals surface area (Å²) >= 11 is 0. The third-order valence-electron chi connectivity index (χ3n) is 6.43. The lowest BCUT2D eigenvalue weighted by Crippen LogP contribution is -2.38. The lowest BCUT2D eigenvalue weighted by atomic mass is 9.89. The number of nitrogens with one attached hydrogen (secondary N) is 2. The van der Waals surface area contributed by atoms with Gasteiger partial charge in [0.05, 0.1) is 14.2 Å². The van der Waals surface area contributed by atoms with Crippen LogP contribution in [0.4, 0.5) is 0 Å². The lowest BCUT2D eigenvalue weighted by molar-refractivity contribution is -0.116. The molecule has 0 bridgehead atoms. The number of H-pyrrole nitrogens is 1. The van der Waals surface area contributed by atoms with Gasteiger partial charge >= 0.3 is 0 Å². The van der Waals surface area contributed by atoms with Crippen molar-refractivity contribution in [2.75, 3.05) is 40.4 Å². The topological polar surface area (TPSA) is 66.6 Å². The first-order valence-corrected chi connectivity index (χ1v) is 11.8. The Morgan fingerprint density at radius 1 is 1.09 bits per heavy atom. The normalized spacial score (nSPS) is 15.4. The highest BCUT2D eigenvalue weighted by atomic mass is 16.5. The molecule has 1 aliphatic heterocycles. The van der Waals surface area contributed by atoms with Crippen LogP contribution in [-0.2, 0) is 4.79 Å². The third-order valence-corrected chi connectivity index (χ3v) is 6.43. The Morgan fingerprint density at radius 3 is 2.68 bits per heavy atom. The van der Waals surface area contributed by atoms with E-state index in [4.69, 9.17) is 9.47 Å². The van der Waals surface area contributed by atoms with Gasteiger partial charge in [-0.2, -0.15) is 0 Å². The van der Waals surface area contributed by atoms with Crippen LogP contribution >= 0.6 is 0 Å². The largest absolute Gasteiger partial charge is 0.493 e. The fraction of sp³-hybridized carbons (Fsp3) is 0.321. The average Bonchev–Trinajstić information content (AvgIpc) is 3.31. The van der Waals surface area contributed by atoms with E-state index in [1.807, 2.05) is 30.4 Å². The van der Waals surface area contributed by atoms with E-state index in [2.05, 4.69) is 45.7 Å². The van der Waals surface area contributed by atoms with Crippen molar-refractivity contribution in [3.05, 3.63) is 78.0 Å². The number of likely N-dealkylation sites (tertiary alicyclic amines) is 1. The number of ether oxygens (including phenoxy) is 2. The van der Waals surface area contributed by atoms with E-state index in [1.165, 1.54) is 16.5 Å². The van der Waals surface area contributed by atoms with Crippen LogP contribution in [0.5, 0.6) is 11.5 Å². The van der Waals surface area contributed by atoms with Crippen molar-refractivity contribution < 1.29 is 14.3 Å². The van der Waals surface area contributed by atoms with Gasteiger partial charge in [0, 0.05) is 36.3 Å². The van der Waals surface area contributed by atoms with Gasteiger partial charge in [0.15, 0.2) is 11.5 Å². The molecule has 6 heteroatoms. The van der Waals surface area contributed by atoms with E-state index in [0.29, 0.717) is 24.0 Å². The number of methoxy groups -OCH3 is 2. The molecule has 1 fully saturated rings. The number of amides is 1. The smallest absolute Gasteiger partial charge is 0.244 e. The molecule has 34 heavy (non-hydrogen) atoms. The zero-order valence-electron chi connectivity index (χ0n) is 19.9. The van der Waals surface area contributed by atoms with Gasteiger partial charge in [-0.3, -0.25) is 4.79 Å². The second-order valence-electron chi connectivity index (χ2n) is 8.53. The number of aromatic amines is 1. The molecular formula is C28H33N3O3. The molecule has 178 valence electrons. The predicted molar refractivity (Wildman–Crippen MR) is 137 cm³/mol. The van der Waals surface area contributed by atoms with E-state index in [1.54, 1.807) is 26.4 Å². The number of carbonyl (C=O) groups excluding carboxylic acids is 1. The average molecular weight is 460 g/mol. The number of nitrogens with zero attached hydrogens (tertiary/aromatic N) is 1. The first-order chi connectivity index (χ1) is 16.7. The Hall–Kier alpha value is -3.51. The Morgan fingerprint density at radius 2 is 1.88 bits per heavy atom. The van der Waals surface area contributed by atoms with Crippen molar-refractivity contribution in [1.82, 2.24) is 15.2 Å². The minimum Gasteiger partial charge on any atom is -0.493 e. The summed E-state index contributed by atoms with van der Waals surface area (Å²) in [6.45, 7) is 3.65. The highest BCUT2D eigenvalue weighted by Gasteiger charge is 2.22. The monoisotopic (exact) mass is 459 g/mol. The van der Waals surface area contributed by atoms with E-state index < -0.39 is 0 Å². The summed E-state index contributed by atoms with van der Waals surface area (Å²) in [5.41, 5.74) is 3.63. The molecule has 1 aromatic heterocycles. The molecular weight excluding hydrogens is 426 g/mol. The fourth-order valence-corrected chi connectivity index (χ4v) is 4.56. The SMILES string of the molecule is COc1ccc(C=CC=CC(=O)NCCN2CCC(c3c[nH]c4ccccc34)CC2)cc1OC. The van der Waals surface area contributed by atoms with Gasteiger partial charge in [-0.1, -0.05) is 42.5 Å². The zero-order chi connectivity index (χ0) is 23.8. The van der Waals surface area contributed by atoms with Gasteiger partial charge < -0.3 is 24.7 Å². The molecule has 0 spiro atoms. The second kappa shape index (κ2) is 11.6. The number of piperidine rings is 1. The Labute approximate surface area is 201 Å². The van der Waals surface area contributed by atoms with Gasteiger partial charge in [-0.15, -0.1) is 0 Å². The standard InChI is InChI=1S/C28H33N3O3/c1-33-26-12-11-21(19-27(26)34-2)7-3-6-10-28(32)29-15-18-31-16-13-22(14-17-31)24-20-30-25-9-5-4-8-23(24)25/h3-12,19-20,22,30H,13-18H2,1-2H3,(H,29,32). The van der Waals surface area contributed by atoms with Crippen LogP contribution in [0.1, 0.15) is 29.9 Å². The van der Waals surface area contributed by atoms with Gasteiger partial charge in [-0.05, 0) is 61.2 Å². The minimum atomic E-state index is -0.0781. The molecule has 1 saturated heterocycles. The molecule has 3 aromatic rings. The van der Waals surface area contributed by atoms with Crippen LogP contribution < -0.4 is 14.8 Å². The van der Waals surface area contributed by atoms with Crippen molar-refractivity contribution in [3.63, 3.8) is 0 Å². The van der Waals surface area contributed by atoms with Crippen LogP contribution in [-0.4, -0.2) is 56.2 Å². The summed E-state index contributed by atoms with van der Waals surface area (Å²) in [6.07, 6.45) is 11.5. The number of para-hydroxylation sites is 1. The van der Waals surface area contributed by atoms with Crippen molar-refractivity contribution in [3.8, 4) is 11.5 Å². The van der Waals surface area contributed by atoms with E-state index in [-0.39, 0.29) is 5.91 Å². The minimum absolute atomic E-state index is 0.0781. The second-order valence-corrected chi connectivity index (χ2v) is 8.53. The maximum atomic E-state index is 12.1. The molecule has 4 rings (SSSR count). The zero-order valence-corrected chi connectivity index (χ0v) is 19.9. The number of hydrogen-bond donors (Lipinski definition) is 2. The maximum absolute atomic E-state index is 12.1. The first kappa shape index (κ1) is 23.6. The quantitative estimate of drug-likeness (QED) is 0.358. The number of rotatable bonds is 9. The molecule has 2 N–H and O–H groups in total. The molecule has 1 aliphatic rings. The molecule has 0 saturated carbocycles. The van der Waals surface area contributed by atoms with E-state index >= 15 is 0 Å². The van der Waals surface area contributed by atoms with Gasteiger partial charge in [0.2, 0.25) is 5.91 Å². The first-order valence-electron chi connectivity index (χ1n) is 11.8. The van der Waals surface area contributed by atoms with Crippen LogP contribution in [0.15, 0.2) is 66.9 Å². The Balaban J connectivity index is 1.17. The van der Waals surface area contributed by atoms with Crippen LogP contribution in [0.25, 0.3) is 17.0 Å². The van der Waals surface area contributed by atoms with Gasteiger partial charge in [0.25, 0.3) is 0 Å². The highest BCUT2D eigenvalue weighted by molar-refractivity contribution is 5.87. The number of allylic oxidation sites excluding steroid dienone is 2. The Kier molecular flexibility index (Phi) is 8.04. The Bertz CT molecular complexity index is 1160. The molecule has 0 atom stereocenters. The number of fused-ring (bicyclic) bond motifs is 1. The predicted octanol–water partition coefficient (Wildman–Crippen LogP) is 4.75. The maximum Gasteiger partial charge on any atom is 0.244 e. The molecule has 6 nitrogen and oxygen atoms in total. The summed E-state index contributed by atoms with van der Waals surface area (Å²) in [7, 11) is 3.23. The summed E-state index contributed by atoms with van der Waals surface area (Å²) in [5.74, 6) is 1.89. The third kappa shape index (κ3) is 5.88. The summed E-state index contributed by atoms with van der Waals surface area (Å²) in [5, 5.41) is 4.33. The summed E-state index contributed by atoms with van der Waals surface area (Å²) < 4.78 is 10.6. The molecule has 1 amide bonds. The van der Waals surface area contributed by atoms with Crippen molar-refractivity contribution in [2.24, 2.45) is 0 Å². The van der Waals surface area contributed by atoms with Gasteiger partial charge in [-0.25, -0.2) is 0 Å². The van der Waals surface area contributed by atoms with Crippen molar-refractivity contribution in [1.29, 1.82) is 0 Å². The fourth-order valence-electron chi connectivity index (χ4n) is 4.56. The summed E-state index contributed by atoms with van der Waals surface area (Å²) in [4.78, 5) is 18.0. The van der Waals surface area contributed by atoms with E-state index in [0.717, 1.165) is 38.0 Å². The van der Waals surface area contributed by atoms with Crippen molar-refractivity contribution in [2.45, 2.75) is 18.8 Å². The van der Waals surface area contributed by atoms with Gasteiger partial charge in [0.1, 0.15) is 0 Å². The molecule has 2 aromatic carbocycles.